The molecule has 1 N–H and O–H groups in total. The summed E-state index contributed by atoms with van der Waals surface area (Å²) in [5.41, 5.74) is 1.25. The smallest absolute Gasteiger partial charge is 0.282 e. The lowest BCUT2D eigenvalue weighted by atomic mass is 9.88. The van der Waals surface area contributed by atoms with E-state index in [2.05, 4.69) is 33.7 Å². The van der Waals surface area contributed by atoms with Crippen LogP contribution in [0, 0.1) is 6.92 Å². The zero-order valence-electron chi connectivity index (χ0n) is 18.4. The monoisotopic (exact) mass is 487 g/mol. The first-order chi connectivity index (χ1) is 15.3. The Balaban J connectivity index is 1.22. The summed E-state index contributed by atoms with van der Waals surface area (Å²) in [5.74, 6) is 1.39. The molecule has 1 saturated carbocycles. The molecule has 3 fully saturated rings. The Bertz CT molecular complexity index is 1220. The van der Waals surface area contributed by atoms with Gasteiger partial charge in [0.05, 0.1) is 5.69 Å². The minimum absolute atomic E-state index is 0.00615. The molecule has 0 aromatic carbocycles. The van der Waals surface area contributed by atoms with Crippen LogP contribution in [-0.2, 0) is 0 Å². The van der Waals surface area contributed by atoms with E-state index < -0.39 is 0 Å². The number of carbonyl (C=O) groups excluding carboxylic acids is 1. The zero-order valence-corrected chi connectivity index (χ0v) is 20.8. The molecule has 3 aliphatic rings. The van der Waals surface area contributed by atoms with E-state index in [1.807, 2.05) is 18.9 Å². The van der Waals surface area contributed by atoms with E-state index in [1.54, 1.807) is 11.3 Å². The summed E-state index contributed by atoms with van der Waals surface area (Å²) in [5, 5.41) is 7.91. The Morgan fingerprint density at radius 3 is 2.94 bits per heavy atom. The predicted octanol–water partition coefficient (Wildman–Crippen LogP) is 5.13. The summed E-state index contributed by atoms with van der Waals surface area (Å²) in [6.45, 7) is 4.22. The zero-order chi connectivity index (χ0) is 22.2. The number of thiophene rings is 1. The number of fused-ring (bicyclic) bond motifs is 3. The number of aryl methyl sites for hydroxylation is 1. The van der Waals surface area contributed by atoms with Gasteiger partial charge in [0.1, 0.15) is 15.8 Å². The summed E-state index contributed by atoms with van der Waals surface area (Å²) >= 11 is 9.68. The third kappa shape index (κ3) is 3.47. The minimum Gasteiger partial charge on any atom is -0.337 e. The van der Waals surface area contributed by atoms with E-state index in [9.17, 15) is 4.79 Å². The molecule has 3 aromatic heterocycles. The molecule has 0 unspecified atom stereocenters. The molecule has 5 atom stereocenters. The first-order valence-electron chi connectivity index (χ1n) is 11.2. The summed E-state index contributed by atoms with van der Waals surface area (Å²) in [4.78, 5) is 31.1. The van der Waals surface area contributed by atoms with Gasteiger partial charge in [0.2, 0.25) is 0 Å². The number of nitrogens with one attached hydrogen (secondary N) is 1. The number of rotatable bonds is 4. The van der Waals surface area contributed by atoms with Gasteiger partial charge in [-0.25, -0.2) is 15.0 Å². The largest absolute Gasteiger partial charge is 0.337 e. The van der Waals surface area contributed by atoms with Crippen LogP contribution < -0.4 is 5.32 Å². The van der Waals surface area contributed by atoms with Crippen LogP contribution >= 0.6 is 34.3 Å². The Morgan fingerprint density at radius 2 is 2.12 bits per heavy atom. The van der Waals surface area contributed by atoms with Gasteiger partial charge in [-0.15, -0.1) is 22.7 Å². The Hall–Kier alpha value is -1.61. The standard InChI is InChI=1S/C23H26ClN5OS2/c1-11-25-17(14-5-7-31-20(14)26-11)15-9-16(15)18-19(24)27-21(32-18)22(30)29(3)13-8-12-4-6-23(2,10-13)28-12/h5,7,12-13,15-16,28H,4,6,8-10H2,1-3H3/t12-,13+,15+,16+,23+/m1/s1. The highest BCUT2D eigenvalue weighted by Crippen LogP contribution is 2.58. The molecular formula is C23H26ClN5OS2. The van der Waals surface area contributed by atoms with Crippen LogP contribution in [0.25, 0.3) is 10.2 Å². The lowest BCUT2D eigenvalue weighted by molar-refractivity contribution is 0.0648. The van der Waals surface area contributed by atoms with E-state index in [-0.39, 0.29) is 23.4 Å². The highest BCUT2D eigenvalue weighted by molar-refractivity contribution is 7.16. The number of aromatic nitrogens is 3. The van der Waals surface area contributed by atoms with Crippen molar-refractivity contribution in [1.82, 2.24) is 25.2 Å². The molecule has 168 valence electrons. The van der Waals surface area contributed by atoms with E-state index in [1.165, 1.54) is 24.2 Å². The normalized spacial score (nSPS) is 31.2. The molecule has 2 saturated heterocycles. The van der Waals surface area contributed by atoms with Gasteiger partial charge < -0.3 is 10.2 Å². The Kier molecular flexibility index (Phi) is 4.88. The van der Waals surface area contributed by atoms with Crippen molar-refractivity contribution in [3.05, 3.63) is 38.0 Å². The highest BCUT2D eigenvalue weighted by atomic mass is 35.5. The molecule has 1 amide bonds. The second kappa shape index (κ2) is 7.45. The van der Waals surface area contributed by atoms with Gasteiger partial charge in [0.15, 0.2) is 5.01 Å². The fraction of sp³-hybridized carbons (Fsp3) is 0.565. The van der Waals surface area contributed by atoms with Gasteiger partial charge in [-0.1, -0.05) is 11.6 Å². The second-order valence-corrected chi connectivity index (χ2v) is 12.2. The number of amides is 1. The van der Waals surface area contributed by atoms with Crippen LogP contribution in [0.2, 0.25) is 5.15 Å². The second-order valence-electron chi connectivity index (χ2n) is 9.87. The van der Waals surface area contributed by atoms with Crippen molar-refractivity contribution >= 4 is 50.4 Å². The van der Waals surface area contributed by atoms with Gasteiger partial charge >= 0.3 is 0 Å². The lowest BCUT2D eigenvalue weighted by Gasteiger charge is -2.40. The molecule has 0 spiro atoms. The van der Waals surface area contributed by atoms with Crippen molar-refractivity contribution in [3.8, 4) is 0 Å². The van der Waals surface area contributed by atoms with Crippen LogP contribution in [0.4, 0.5) is 0 Å². The average Bonchev–Trinajstić information content (AvgIpc) is 3.07. The molecule has 6 rings (SSSR count). The van der Waals surface area contributed by atoms with Crippen molar-refractivity contribution in [2.24, 2.45) is 0 Å². The fourth-order valence-electron chi connectivity index (χ4n) is 5.70. The first kappa shape index (κ1) is 21.0. The highest BCUT2D eigenvalue weighted by Gasteiger charge is 2.46. The summed E-state index contributed by atoms with van der Waals surface area (Å²) in [6, 6.07) is 2.87. The van der Waals surface area contributed by atoms with E-state index >= 15 is 0 Å². The molecular weight excluding hydrogens is 462 g/mol. The molecule has 0 radical (unpaired) electrons. The molecule has 32 heavy (non-hydrogen) atoms. The predicted molar refractivity (Wildman–Crippen MR) is 129 cm³/mol. The maximum absolute atomic E-state index is 13.3. The van der Waals surface area contributed by atoms with Gasteiger partial charge in [0.25, 0.3) is 5.91 Å². The summed E-state index contributed by atoms with van der Waals surface area (Å²) in [7, 11) is 1.92. The number of nitrogens with zero attached hydrogens (tertiary/aromatic N) is 4. The number of carbonyl (C=O) groups is 1. The Morgan fingerprint density at radius 1 is 1.28 bits per heavy atom. The summed E-state index contributed by atoms with van der Waals surface area (Å²) in [6.07, 6.45) is 5.38. The summed E-state index contributed by atoms with van der Waals surface area (Å²) < 4.78 is 0. The van der Waals surface area contributed by atoms with Gasteiger partial charge in [-0.3, -0.25) is 4.79 Å². The molecule has 3 aromatic rings. The van der Waals surface area contributed by atoms with Gasteiger partial charge in [0, 0.05) is 46.8 Å². The van der Waals surface area contributed by atoms with Crippen molar-refractivity contribution in [2.45, 2.75) is 75.4 Å². The third-order valence-electron chi connectivity index (χ3n) is 7.45. The molecule has 9 heteroatoms. The topological polar surface area (TPSA) is 71.0 Å². The van der Waals surface area contributed by atoms with E-state index in [0.717, 1.165) is 45.9 Å². The van der Waals surface area contributed by atoms with Crippen LogP contribution in [0.1, 0.15) is 77.1 Å². The van der Waals surface area contributed by atoms with E-state index in [4.69, 9.17) is 16.6 Å². The van der Waals surface area contributed by atoms with Gasteiger partial charge in [-0.2, -0.15) is 0 Å². The molecule has 6 nitrogen and oxygen atoms in total. The molecule has 2 aliphatic heterocycles. The van der Waals surface area contributed by atoms with Crippen molar-refractivity contribution < 1.29 is 4.79 Å². The lowest BCUT2D eigenvalue weighted by Crippen LogP contribution is -2.54. The molecule has 5 heterocycles. The van der Waals surface area contributed by atoms with Crippen LogP contribution in [0.3, 0.4) is 0 Å². The maximum Gasteiger partial charge on any atom is 0.282 e. The SMILES string of the molecule is Cc1nc([C@H]2C[C@@H]2c2sc(C(=O)N(C)[C@H]3C[C@H]4CC[C@@](C)(C3)N4)nc2Cl)c2ccsc2n1. The van der Waals surface area contributed by atoms with Crippen molar-refractivity contribution in [1.29, 1.82) is 0 Å². The first-order valence-corrected chi connectivity index (χ1v) is 13.3. The average molecular weight is 488 g/mol. The number of hydrogen-bond donors (Lipinski definition) is 1. The number of piperidine rings is 1. The van der Waals surface area contributed by atoms with Crippen molar-refractivity contribution in [2.75, 3.05) is 7.05 Å². The maximum atomic E-state index is 13.3. The Labute approximate surface area is 200 Å². The van der Waals surface area contributed by atoms with Crippen LogP contribution in [0.5, 0.6) is 0 Å². The number of hydrogen-bond acceptors (Lipinski definition) is 7. The van der Waals surface area contributed by atoms with E-state index in [0.29, 0.717) is 22.1 Å². The number of halogens is 1. The van der Waals surface area contributed by atoms with Crippen molar-refractivity contribution in [3.63, 3.8) is 0 Å². The molecule has 1 aliphatic carbocycles. The third-order valence-corrected chi connectivity index (χ3v) is 9.83. The number of thiazole rings is 1. The quantitative estimate of drug-likeness (QED) is 0.552. The molecule has 2 bridgehead atoms. The van der Waals surface area contributed by atoms with Crippen LogP contribution in [0.15, 0.2) is 11.4 Å². The van der Waals surface area contributed by atoms with Crippen LogP contribution in [-0.4, -0.2) is 50.4 Å². The van der Waals surface area contributed by atoms with Gasteiger partial charge in [-0.05, 0) is 57.4 Å². The minimum atomic E-state index is -0.00615. The fourth-order valence-corrected chi connectivity index (χ4v) is 8.03.